The third kappa shape index (κ3) is 6.86. The molecule has 0 bridgehead atoms. The maximum absolute atomic E-state index is 12.5. The van der Waals surface area contributed by atoms with Gasteiger partial charge in [-0.25, -0.2) is 12.7 Å². The number of amides is 1. The lowest BCUT2D eigenvalue weighted by atomic mass is 10.1. The van der Waals surface area contributed by atoms with Crippen molar-refractivity contribution in [2.45, 2.75) is 37.7 Å². The molecular formula is C23H30N2O3S2. The van der Waals surface area contributed by atoms with Gasteiger partial charge in [0.05, 0.1) is 5.75 Å². The third-order valence-corrected chi connectivity index (χ3v) is 8.04. The second kappa shape index (κ2) is 11.0. The quantitative estimate of drug-likeness (QED) is 0.592. The van der Waals surface area contributed by atoms with Crippen molar-refractivity contribution in [1.29, 1.82) is 0 Å². The Labute approximate surface area is 184 Å². The molecule has 7 heteroatoms. The average Bonchev–Trinajstić information content (AvgIpc) is 2.74. The van der Waals surface area contributed by atoms with E-state index in [9.17, 15) is 13.2 Å². The monoisotopic (exact) mass is 446 g/mol. The molecule has 1 heterocycles. The van der Waals surface area contributed by atoms with Crippen molar-refractivity contribution in [2.24, 2.45) is 0 Å². The summed E-state index contributed by atoms with van der Waals surface area (Å²) in [6.07, 6.45) is 2.96. The largest absolute Gasteiger partial charge is 0.351 e. The second-order valence-corrected chi connectivity index (χ2v) is 10.8. The van der Waals surface area contributed by atoms with E-state index in [1.54, 1.807) is 40.3 Å². The van der Waals surface area contributed by atoms with Gasteiger partial charge in [0.25, 0.3) is 5.91 Å². The van der Waals surface area contributed by atoms with E-state index in [1.165, 1.54) is 11.1 Å². The number of thioether (sulfide) groups is 1. The Kier molecular flexibility index (Phi) is 8.36. The predicted octanol–water partition coefficient (Wildman–Crippen LogP) is 3.97. The minimum absolute atomic E-state index is 0.00943. The van der Waals surface area contributed by atoms with Crippen LogP contribution >= 0.6 is 11.8 Å². The number of aryl methyl sites for hydroxylation is 1. The number of sulfonamides is 1. The lowest BCUT2D eigenvalue weighted by molar-refractivity contribution is 0.0956. The molecule has 1 N–H and O–H groups in total. The maximum atomic E-state index is 12.5. The maximum Gasteiger partial charge on any atom is 0.251 e. The highest BCUT2D eigenvalue weighted by Gasteiger charge is 2.24. The normalized spacial score (nSPS) is 15.1. The summed E-state index contributed by atoms with van der Waals surface area (Å²) in [7, 11) is -3.29. The highest BCUT2D eigenvalue weighted by atomic mass is 32.2. The van der Waals surface area contributed by atoms with E-state index in [0.29, 0.717) is 30.8 Å². The molecular weight excluding hydrogens is 416 g/mol. The van der Waals surface area contributed by atoms with Gasteiger partial charge in [-0.15, -0.1) is 0 Å². The molecule has 3 rings (SSSR count). The van der Waals surface area contributed by atoms with Crippen LogP contribution in [0.5, 0.6) is 0 Å². The number of rotatable bonds is 9. The van der Waals surface area contributed by atoms with Crippen LogP contribution in [0.1, 0.15) is 46.3 Å². The fraction of sp³-hybridized carbons (Fsp3) is 0.435. The first-order chi connectivity index (χ1) is 14.4. The van der Waals surface area contributed by atoms with Gasteiger partial charge in [0.1, 0.15) is 0 Å². The van der Waals surface area contributed by atoms with Gasteiger partial charge in [0.2, 0.25) is 10.0 Å². The summed E-state index contributed by atoms with van der Waals surface area (Å²) in [5.74, 6) is 1.63. The van der Waals surface area contributed by atoms with Crippen LogP contribution in [0.4, 0.5) is 0 Å². The Morgan fingerprint density at radius 2 is 1.77 bits per heavy atom. The highest BCUT2D eigenvalue weighted by molar-refractivity contribution is 7.98. The van der Waals surface area contributed by atoms with Crippen molar-refractivity contribution in [2.75, 3.05) is 25.4 Å². The number of benzene rings is 2. The lowest BCUT2D eigenvalue weighted by Crippen LogP contribution is -2.36. The minimum atomic E-state index is -3.29. The number of nitrogens with zero attached hydrogens (tertiary/aromatic N) is 1. The lowest BCUT2D eigenvalue weighted by Gasteiger charge is -2.25. The number of piperidine rings is 1. The van der Waals surface area contributed by atoms with E-state index in [-0.39, 0.29) is 11.7 Å². The van der Waals surface area contributed by atoms with Crippen molar-refractivity contribution < 1.29 is 13.2 Å². The Bertz CT molecular complexity index is 937. The van der Waals surface area contributed by atoms with E-state index >= 15 is 0 Å². The van der Waals surface area contributed by atoms with Crippen LogP contribution in [0.25, 0.3) is 0 Å². The van der Waals surface area contributed by atoms with Crippen LogP contribution in [-0.2, 0) is 21.5 Å². The smallest absolute Gasteiger partial charge is 0.251 e. The fourth-order valence-electron chi connectivity index (χ4n) is 3.53. The molecule has 1 aliphatic heterocycles. The topological polar surface area (TPSA) is 66.5 Å². The van der Waals surface area contributed by atoms with Crippen molar-refractivity contribution >= 4 is 27.7 Å². The molecule has 162 valence electrons. The molecule has 30 heavy (non-hydrogen) atoms. The van der Waals surface area contributed by atoms with Gasteiger partial charge in [-0.1, -0.05) is 48.4 Å². The first-order valence-corrected chi connectivity index (χ1v) is 13.2. The summed E-state index contributed by atoms with van der Waals surface area (Å²) in [4.78, 5) is 12.3. The molecule has 0 aliphatic carbocycles. The molecule has 0 unspecified atom stereocenters. The third-order valence-electron chi connectivity index (χ3n) is 5.16. The zero-order valence-corrected chi connectivity index (χ0v) is 19.1. The molecule has 0 radical (unpaired) electrons. The summed E-state index contributed by atoms with van der Waals surface area (Å²) in [5.41, 5.74) is 3.82. The average molecular weight is 447 g/mol. The predicted molar refractivity (Wildman–Crippen MR) is 124 cm³/mol. The summed E-state index contributed by atoms with van der Waals surface area (Å²) in [6, 6.07) is 15.3. The first-order valence-electron chi connectivity index (χ1n) is 10.4. The van der Waals surface area contributed by atoms with Gasteiger partial charge in [-0.05, 0) is 43.0 Å². The van der Waals surface area contributed by atoms with Crippen LogP contribution < -0.4 is 5.32 Å². The van der Waals surface area contributed by atoms with Crippen LogP contribution in [-0.4, -0.2) is 44.0 Å². The van der Waals surface area contributed by atoms with Crippen LogP contribution in [0, 0.1) is 6.92 Å². The first kappa shape index (κ1) is 22.8. The van der Waals surface area contributed by atoms with Crippen LogP contribution in [0.3, 0.4) is 0 Å². The van der Waals surface area contributed by atoms with Crippen molar-refractivity contribution in [3.63, 3.8) is 0 Å². The number of carbonyl (C=O) groups is 1. The van der Waals surface area contributed by atoms with E-state index in [0.717, 1.165) is 30.8 Å². The zero-order valence-electron chi connectivity index (χ0n) is 17.5. The highest BCUT2D eigenvalue weighted by Crippen LogP contribution is 2.18. The molecule has 0 atom stereocenters. The molecule has 1 saturated heterocycles. The molecule has 1 aliphatic rings. The van der Waals surface area contributed by atoms with Crippen LogP contribution in [0.2, 0.25) is 0 Å². The van der Waals surface area contributed by atoms with Gasteiger partial charge < -0.3 is 5.32 Å². The van der Waals surface area contributed by atoms with Gasteiger partial charge in [-0.2, -0.15) is 11.8 Å². The number of nitrogens with one attached hydrogen (secondary N) is 1. The van der Waals surface area contributed by atoms with Gasteiger partial charge in [-0.3, -0.25) is 4.79 Å². The zero-order chi connectivity index (χ0) is 21.4. The van der Waals surface area contributed by atoms with E-state index < -0.39 is 10.0 Å². The van der Waals surface area contributed by atoms with E-state index in [4.69, 9.17) is 0 Å². The molecule has 0 saturated carbocycles. The van der Waals surface area contributed by atoms with Crippen LogP contribution in [0.15, 0.2) is 48.5 Å². The van der Waals surface area contributed by atoms with Gasteiger partial charge >= 0.3 is 0 Å². The van der Waals surface area contributed by atoms with E-state index in [2.05, 4.69) is 36.5 Å². The standard InChI is InChI=1S/C23H30N2O3S2/c1-19-6-5-7-21(16-19)17-29-15-12-24-23(26)22-10-8-20(9-11-22)18-30(27,28)25-13-3-2-4-14-25/h5-11,16H,2-4,12-15,17-18H2,1H3,(H,24,26). The molecule has 5 nitrogen and oxygen atoms in total. The Hall–Kier alpha value is -1.83. The van der Waals surface area contributed by atoms with E-state index in [1.807, 2.05) is 0 Å². The summed E-state index contributed by atoms with van der Waals surface area (Å²) >= 11 is 1.79. The Morgan fingerprint density at radius 1 is 1.03 bits per heavy atom. The van der Waals surface area contributed by atoms with Crippen molar-refractivity contribution in [1.82, 2.24) is 9.62 Å². The van der Waals surface area contributed by atoms with Crippen molar-refractivity contribution in [3.8, 4) is 0 Å². The summed E-state index contributed by atoms with van der Waals surface area (Å²) < 4.78 is 26.7. The molecule has 1 amide bonds. The summed E-state index contributed by atoms with van der Waals surface area (Å²) in [6.45, 7) is 3.92. The molecule has 1 fully saturated rings. The Balaban J connectivity index is 1.42. The molecule has 0 spiro atoms. The molecule has 2 aromatic rings. The van der Waals surface area contributed by atoms with Gasteiger partial charge in [0.15, 0.2) is 0 Å². The van der Waals surface area contributed by atoms with Gasteiger partial charge in [0, 0.05) is 36.7 Å². The molecule has 2 aromatic carbocycles. The number of carbonyl (C=O) groups excluding carboxylic acids is 1. The number of hydrogen-bond donors (Lipinski definition) is 1. The minimum Gasteiger partial charge on any atom is -0.351 e. The molecule has 0 aromatic heterocycles. The SMILES string of the molecule is Cc1cccc(CSCCNC(=O)c2ccc(CS(=O)(=O)N3CCCCC3)cc2)c1. The summed E-state index contributed by atoms with van der Waals surface area (Å²) in [5, 5.41) is 2.93. The second-order valence-electron chi connectivity index (χ2n) is 7.71. The van der Waals surface area contributed by atoms with Crippen molar-refractivity contribution in [3.05, 3.63) is 70.8 Å². The fourth-order valence-corrected chi connectivity index (χ4v) is 5.94. The Morgan fingerprint density at radius 3 is 2.47 bits per heavy atom. The number of hydrogen-bond acceptors (Lipinski definition) is 4.